The Balaban J connectivity index is 1.22. The third kappa shape index (κ3) is 3.09. The molecule has 8 nitrogen and oxygen atoms in total. The maximum absolute atomic E-state index is 12.8. The summed E-state index contributed by atoms with van der Waals surface area (Å²) < 4.78 is 7.19. The fourth-order valence-corrected chi connectivity index (χ4v) is 3.84. The normalized spacial score (nSPS) is 17.0. The van der Waals surface area contributed by atoms with Crippen molar-refractivity contribution in [2.75, 3.05) is 32.8 Å². The van der Waals surface area contributed by atoms with Gasteiger partial charge in [-0.25, -0.2) is 9.50 Å². The molecule has 144 valence electrons. The molecule has 1 fully saturated rings. The van der Waals surface area contributed by atoms with E-state index in [9.17, 15) is 4.79 Å². The average molecular weight is 378 g/mol. The molecule has 1 amide bonds. The molecule has 0 N–H and O–H groups in total. The molecule has 4 heterocycles. The first-order valence-corrected chi connectivity index (χ1v) is 9.62. The Kier molecular flexibility index (Phi) is 4.20. The maximum atomic E-state index is 12.8. The van der Waals surface area contributed by atoms with Crippen molar-refractivity contribution < 1.29 is 9.53 Å². The topological polar surface area (TPSA) is 75.9 Å². The van der Waals surface area contributed by atoms with Crippen molar-refractivity contribution in [1.82, 2.24) is 29.4 Å². The van der Waals surface area contributed by atoms with Gasteiger partial charge in [-0.2, -0.15) is 4.98 Å². The molecule has 2 aliphatic heterocycles. The van der Waals surface area contributed by atoms with Crippen LogP contribution in [0.15, 0.2) is 30.5 Å². The van der Waals surface area contributed by atoms with Crippen LogP contribution in [0.25, 0.3) is 5.78 Å². The van der Waals surface area contributed by atoms with E-state index in [4.69, 9.17) is 4.74 Å². The second-order valence-electron chi connectivity index (χ2n) is 7.34. The molecule has 0 bridgehead atoms. The minimum absolute atomic E-state index is 0.126. The second-order valence-corrected chi connectivity index (χ2v) is 7.34. The molecule has 2 aliphatic rings. The molecule has 2 aromatic heterocycles. The van der Waals surface area contributed by atoms with E-state index < -0.39 is 0 Å². The molecule has 0 radical (unpaired) electrons. The van der Waals surface area contributed by atoms with Crippen LogP contribution in [0.4, 0.5) is 0 Å². The smallest absolute Gasteiger partial charge is 0.293 e. The van der Waals surface area contributed by atoms with Gasteiger partial charge >= 0.3 is 0 Å². The van der Waals surface area contributed by atoms with Crippen molar-refractivity contribution in [1.29, 1.82) is 0 Å². The van der Waals surface area contributed by atoms with Gasteiger partial charge in [0.25, 0.3) is 11.7 Å². The molecule has 0 atom stereocenters. The van der Waals surface area contributed by atoms with Gasteiger partial charge in [0, 0.05) is 51.0 Å². The Labute approximate surface area is 162 Å². The number of piperazine rings is 1. The predicted molar refractivity (Wildman–Crippen MR) is 102 cm³/mol. The first-order valence-electron chi connectivity index (χ1n) is 9.62. The van der Waals surface area contributed by atoms with Gasteiger partial charge in [-0.05, 0) is 30.2 Å². The number of carbonyl (C=O) groups is 1. The van der Waals surface area contributed by atoms with E-state index in [1.165, 1.54) is 11.1 Å². The molecule has 28 heavy (non-hydrogen) atoms. The van der Waals surface area contributed by atoms with Gasteiger partial charge in [0.2, 0.25) is 5.82 Å². The fourth-order valence-electron chi connectivity index (χ4n) is 3.84. The summed E-state index contributed by atoms with van der Waals surface area (Å²) in [5.41, 5.74) is 3.50. The van der Waals surface area contributed by atoms with E-state index >= 15 is 0 Å². The van der Waals surface area contributed by atoms with Gasteiger partial charge < -0.3 is 9.64 Å². The molecule has 0 aliphatic carbocycles. The van der Waals surface area contributed by atoms with Gasteiger partial charge in [-0.1, -0.05) is 12.1 Å². The van der Waals surface area contributed by atoms with Gasteiger partial charge in [-0.3, -0.25) is 9.69 Å². The third-order valence-corrected chi connectivity index (χ3v) is 5.44. The van der Waals surface area contributed by atoms with E-state index in [0.717, 1.165) is 44.1 Å². The summed E-state index contributed by atoms with van der Waals surface area (Å²) in [7, 11) is 0. The third-order valence-electron chi connectivity index (χ3n) is 5.44. The molecule has 5 rings (SSSR count). The number of benzene rings is 1. The van der Waals surface area contributed by atoms with Crippen LogP contribution in [0.3, 0.4) is 0 Å². The molecule has 8 heteroatoms. The number of carbonyl (C=O) groups excluding carboxylic acids is 1. The first kappa shape index (κ1) is 17.1. The molecule has 0 spiro atoms. The summed E-state index contributed by atoms with van der Waals surface area (Å²) in [6, 6.07) is 8.30. The van der Waals surface area contributed by atoms with Crippen molar-refractivity contribution in [2.45, 2.75) is 19.9 Å². The largest absolute Gasteiger partial charge is 0.493 e. The zero-order chi connectivity index (χ0) is 19.1. The number of hydrogen-bond donors (Lipinski definition) is 0. The molecule has 1 aromatic carbocycles. The number of ether oxygens (including phenoxy) is 1. The Morgan fingerprint density at radius 2 is 2.04 bits per heavy atom. The van der Waals surface area contributed by atoms with Crippen LogP contribution in [-0.4, -0.2) is 68.1 Å². The molecular weight excluding hydrogens is 356 g/mol. The second kappa shape index (κ2) is 6.87. The maximum Gasteiger partial charge on any atom is 0.293 e. The number of hydrogen-bond acceptors (Lipinski definition) is 6. The highest BCUT2D eigenvalue weighted by atomic mass is 16.5. The monoisotopic (exact) mass is 378 g/mol. The van der Waals surface area contributed by atoms with Crippen LogP contribution in [0.1, 0.15) is 27.4 Å². The van der Waals surface area contributed by atoms with E-state index in [1.807, 2.05) is 17.9 Å². The van der Waals surface area contributed by atoms with E-state index in [0.29, 0.717) is 18.9 Å². The van der Waals surface area contributed by atoms with Gasteiger partial charge in [0.1, 0.15) is 5.75 Å². The number of aromatic nitrogens is 4. The van der Waals surface area contributed by atoms with E-state index in [-0.39, 0.29) is 11.7 Å². The first-order chi connectivity index (χ1) is 13.7. The summed E-state index contributed by atoms with van der Waals surface area (Å²) in [6.07, 6.45) is 2.67. The number of fused-ring (bicyclic) bond motifs is 2. The molecule has 1 saturated heterocycles. The molecule has 0 saturated carbocycles. The average Bonchev–Trinajstić information content (AvgIpc) is 3.35. The van der Waals surface area contributed by atoms with Crippen LogP contribution in [0.2, 0.25) is 0 Å². The summed E-state index contributed by atoms with van der Waals surface area (Å²) in [5.74, 6) is 1.57. The van der Waals surface area contributed by atoms with Crippen LogP contribution in [0.5, 0.6) is 5.75 Å². The number of amides is 1. The highest BCUT2D eigenvalue weighted by Crippen LogP contribution is 2.26. The standard InChI is InChI=1S/C20H22N6O2/c1-14-4-6-21-20-22-18(23-26(14)20)19(27)25-9-7-24(8-10-25)13-15-2-3-17-16(12-15)5-11-28-17/h2-4,6,12H,5,7-11,13H2,1H3. The van der Waals surface area contributed by atoms with Crippen molar-refractivity contribution >= 4 is 11.7 Å². The lowest BCUT2D eigenvalue weighted by Gasteiger charge is -2.34. The fraction of sp³-hybridized carbons (Fsp3) is 0.400. The van der Waals surface area contributed by atoms with Crippen molar-refractivity contribution in [3.63, 3.8) is 0 Å². The number of aryl methyl sites for hydroxylation is 1. The van der Waals surface area contributed by atoms with Gasteiger partial charge in [-0.15, -0.1) is 5.10 Å². The quantitative estimate of drug-likeness (QED) is 0.684. The number of nitrogens with zero attached hydrogens (tertiary/aromatic N) is 6. The van der Waals surface area contributed by atoms with Crippen molar-refractivity contribution in [2.24, 2.45) is 0 Å². The molecular formula is C20H22N6O2. The minimum Gasteiger partial charge on any atom is -0.493 e. The Hall–Kier alpha value is -3.00. The summed E-state index contributed by atoms with van der Waals surface area (Å²) in [4.78, 5) is 25.5. The lowest BCUT2D eigenvalue weighted by atomic mass is 10.1. The van der Waals surface area contributed by atoms with Crippen LogP contribution < -0.4 is 4.74 Å². The highest BCUT2D eigenvalue weighted by Gasteiger charge is 2.25. The number of rotatable bonds is 3. The van der Waals surface area contributed by atoms with Gasteiger partial charge in [0.05, 0.1) is 6.61 Å². The highest BCUT2D eigenvalue weighted by molar-refractivity contribution is 5.91. The van der Waals surface area contributed by atoms with Crippen LogP contribution in [0, 0.1) is 6.92 Å². The SMILES string of the molecule is Cc1ccnc2nc(C(=O)N3CCN(Cc4ccc5c(c4)CCO5)CC3)nn12. The minimum atomic E-state index is -0.126. The van der Waals surface area contributed by atoms with Crippen molar-refractivity contribution in [3.8, 4) is 5.75 Å². The predicted octanol–water partition coefficient (Wildman–Crippen LogP) is 1.33. The Morgan fingerprint density at radius 3 is 2.86 bits per heavy atom. The Bertz CT molecular complexity index is 1040. The lowest BCUT2D eigenvalue weighted by molar-refractivity contribution is 0.0616. The van der Waals surface area contributed by atoms with Crippen molar-refractivity contribution in [3.05, 3.63) is 53.1 Å². The molecule has 0 unspecified atom stereocenters. The Morgan fingerprint density at radius 1 is 1.18 bits per heavy atom. The zero-order valence-electron chi connectivity index (χ0n) is 15.8. The molecule has 3 aromatic rings. The van der Waals surface area contributed by atoms with Gasteiger partial charge in [0.15, 0.2) is 0 Å². The van der Waals surface area contributed by atoms with Crippen LogP contribution >= 0.6 is 0 Å². The van der Waals surface area contributed by atoms with E-state index in [2.05, 4.69) is 38.2 Å². The van der Waals surface area contributed by atoms with E-state index in [1.54, 1.807) is 10.7 Å². The zero-order valence-corrected chi connectivity index (χ0v) is 15.8. The summed E-state index contributed by atoms with van der Waals surface area (Å²) >= 11 is 0. The summed E-state index contributed by atoms with van der Waals surface area (Å²) in [6.45, 7) is 6.62. The lowest BCUT2D eigenvalue weighted by Crippen LogP contribution is -2.48. The van der Waals surface area contributed by atoms with Crippen LogP contribution in [-0.2, 0) is 13.0 Å². The summed E-state index contributed by atoms with van der Waals surface area (Å²) in [5, 5.41) is 4.33.